The van der Waals surface area contributed by atoms with Crippen LogP contribution in [0.3, 0.4) is 0 Å². The van der Waals surface area contributed by atoms with E-state index < -0.39 is 6.37 Å². The Labute approximate surface area is 100 Å². The van der Waals surface area contributed by atoms with Gasteiger partial charge in [-0.3, -0.25) is 0 Å². The third kappa shape index (κ3) is 1.71. The summed E-state index contributed by atoms with van der Waals surface area (Å²) in [5, 5.41) is 3.34. The highest BCUT2D eigenvalue weighted by molar-refractivity contribution is 5.57. The number of hydrogen-bond acceptors (Lipinski definition) is 2. The van der Waals surface area contributed by atoms with Crippen LogP contribution in [0.5, 0.6) is 0 Å². The zero-order valence-corrected chi connectivity index (χ0v) is 9.74. The van der Waals surface area contributed by atoms with Crippen molar-refractivity contribution in [2.45, 2.75) is 31.2 Å². The van der Waals surface area contributed by atoms with E-state index in [9.17, 15) is 0 Å². The molecule has 0 bridgehead atoms. The molecule has 0 spiro atoms. The van der Waals surface area contributed by atoms with Crippen molar-refractivity contribution >= 4 is 5.69 Å². The third-order valence-corrected chi connectivity index (χ3v) is 3.75. The van der Waals surface area contributed by atoms with Gasteiger partial charge in [-0.2, -0.15) is 0 Å². The molecule has 1 aromatic rings. The number of para-hydroxylation sites is 1. The van der Waals surface area contributed by atoms with Gasteiger partial charge < -0.3 is 10.2 Å². The van der Waals surface area contributed by atoms with Crippen molar-refractivity contribution in [3.8, 4) is 0 Å². The maximum absolute atomic E-state index is 8.57. The first-order valence-corrected chi connectivity index (χ1v) is 6.14. The van der Waals surface area contributed by atoms with Gasteiger partial charge in [-0.05, 0) is 44.4 Å². The lowest BCUT2D eigenvalue weighted by atomic mass is 9.93. The summed E-state index contributed by atoms with van der Waals surface area (Å²) in [4.78, 5) is 2.18. The van der Waals surface area contributed by atoms with Crippen molar-refractivity contribution in [3.05, 3.63) is 29.8 Å². The molecular formula is C14H20N2. The van der Waals surface area contributed by atoms with Gasteiger partial charge in [0.2, 0.25) is 0 Å². The molecule has 1 fully saturated rings. The highest BCUT2D eigenvalue weighted by Gasteiger charge is 2.28. The van der Waals surface area contributed by atoms with Crippen molar-refractivity contribution in [3.63, 3.8) is 0 Å². The van der Waals surface area contributed by atoms with Gasteiger partial charge >= 0.3 is 0 Å². The van der Waals surface area contributed by atoms with Gasteiger partial charge in [-0.25, -0.2) is 0 Å². The average Bonchev–Trinajstić information content (AvgIpc) is 2.95. The fraction of sp³-hybridized carbons (Fsp3) is 0.571. The molecule has 2 atom stereocenters. The molecule has 3 rings (SSSR count). The van der Waals surface area contributed by atoms with Crippen molar-refractivity contribution < 1.29 is 2.74 Å². The van der Waals surface area contributed by atoms with Crippen LogP contribution < -0.4 is 5.32 Å². The van der Waals surface area contributed by atoms with E-state index in [0.29, 0.717) is 0 Å². The van der Waals surface area contributed by atoms with E-state index in [-0.39, 0.29) is 12.0 Å². The number of hydrogen-bond donors (Lipinski definition) is 1. The molecule has 16 heavy (non-hydrogen) atoms. The highest BCUT2D eigenvalue weighted by Crippen LogP contribution is 2.36. The minimum atomic E-state index is -1.16. The SMILES string of the molecule is [2H]C([2H])(C1CNc2ccccc21)[C@@H]1CCCN1C. The second-order valence-corrected chi connectivity index (χ2v) is 4.83. The van der Waals surface area contributed by atoms with E-state index in [2.05, 4.69) is 16.3 Å². The molecule has 0 saturated carbocycles. The number of likely N-dealkylation sites (tertiary alicyclic amines) is 1. The molecule has 1 aromatic carbocycles. The monoisotopic (exact) mass is 218 g/mol. The first kappa shape index (κ1) is 8.13. The molecule has 0 aliphatic carbocycles. The average molecular weight is 218 g/mol. The number of nitrogens with zero attached hydrogens (tertiary/aromatic N) is 1. The van der Waals surface area contributed by atoms with Crippen LogP contribution in [0, 0.1) is 0 Å². The van der Waals surface area contributed by atoms with E-state index in [1.807, 2.05) is 25.2 Å². The molecule has 2 aliphatic rings. The van der Waals surface area contributed by atoms with Crippen molar-refractivity contribution in [2.24, 2.45) is 0 Å². The summed E-state index contributed by atoms with van der Waals surface area (Å²) in [6, 6.07) is 8.17. The van der Waals surface area contributed by atoms with Gasteiger partial charge in [0.05, 0.1) is 0 Å². The van der Waals surface area contributed by atoms with E-state index in [1.165, 1.54) is 0 Å². The first-order chi connectivity index (χ1) is 8.60. The van der Waals surface area contributed by atoms with Gasteiger partial charge in [-0.15, -0.1) is 0 Å². The minimum absolute atomic E-state index is 0.0285. The Morgan fingerprint density at radius 3 is 3.19 bits per heavy atom. The lowest BCUT2D eigenvalue weighted by Gasteiger charge is -2.22. The fourth-order valence-electron chi connectivity index (χ4n) is 2.79. The van der Waals surface area contributed by atoms with Gasteiger partial charge in [-0.1, -0.05) is 18.2 Å². The predicted molar refractivity (Wildman–Crippen MR) is 67.9 cm³/mol. The molecule has 2 heteroatoms. The summed E-state index contributed by atoms with van der Waals surface area (Å²) in [5.41, 5.74) is 2.25. The summed E-state index contributed by atoms with van der Waals surface area (Å²) < 4.78 is 17.1. The Morgan fingerprint density at radius 2 is 2.38 bits per heavy atom. The Morgan fingerprint density at radius 1 is 1.50 bits per heavy atom. The normalized spacial score (nSPS) is 31.8. The molecule has 0 amide bonds. The molecular weight excluding hydrogens is 196 g/mol. The van der Waals surface area contributed by atoms with Gasteiger partial charge in [0.1, 0.15) is 0 Å². The number of fused-ring (bicyclic) bond motifs is 1. The van der Waals surface area contributed by atoms with Crippen LogP contribution in [0.15, 0.2) is 24.3 Å². The van der Waals surface area contributed by atoms with Gasteiger partial charge in [0.15, 0.2) is 0 Å². The van der Waals surface area contributed by atoms with Crippen LogP contribution in [0.1, 0.15) is 33.4 Å². The topological polar surface area (TPSA) is 15.3 Å². The molecule has 1 unspecified atom stereocenters. The van der Waals surface area contributed by atoms with Crippen molar-refractivity contribution in [2.75, 3.05) is 25.5 Å². The van der Waals surface area contributed by atoms with Crippen molar-refractivity contribution in [1.82, 2.24) is 4.90 Å². The number of anilines is 1. The zero-order chi connectivity index (χ0) is 12.8. The van der Waals surface area contributed by atoms with Crippen LogP contribution in [-0.2, 0) is 0 Å². The van der Waals surface area contributed by atoms with Crippen LogP contribution >= 0.6 is 0 Å². The van der Waals surface area contributed by atoms with Crippen LogP contribution in [0.2, 0.25) is 0 Å². The van der Waals surface area contributed by atoms with Gasteiger partial charge in [0, 0.05) is 26.9 Å². The van der Waals surface area contributed by atoms with E-state index in [1.54, 1.807) is 0 Å². The molecule has 86 valence electrons. The maximum Gasteiger partial charge on any atom is 0.0376 e. The van der Waals surface area contributed by atoms with E-state index in [4.69, 9.17) is 2.74 Å². The number of nitrogens with one attached hydrogen (secondary N) is 1. The molecule has 0 radical (unpaired) electrons. The lowest BCUT2D eigenvalue weighted by molar-refractivity contribution is 0.285. The predicted octanol–water partition coefficient (Wildman–Crippen LogP) is 2.68. The smallest absolute Gasteiger partial charge is 0.0376 e. The van der Waals surface area contributed by atoms with Crippen LogP contribution in [-0.4, -0.2) is 31.1 Å². The standard InChI is InChI=1S/C14H20N2/c1-16-8-4-5-12(16)9-11-10-15-14-7-3-2-6-13(11)14/h2-3,6-7,11-12,15H,4-5,8-10H2,1H3/t11?,12-/m0/s1/i9D2. The third-order valence-electron chi connectivity index (χ3n) is 3.75. The van der Waals surface area contributed by atoms with Crippen molar-refractivity contribution in [1.29, 1.82) is 0 Å². The Hall–Kier alpha value is -1.02. The summed E-state index contributed by atoms with van der Waals surface area (Å²) >= 11 is 0. The summed E-state index contributed by atoms with van der Waals surface area (Å²) in [5.74, 6) is -0.0285. The number of benzene rings is 1. The van der Waals surface area contributed by atoms with Crippen LogP contribution in [0.4, 0.5) is 5.69 Å². The quantitative estimate of drug-likeness (QED) is 0.821. The second kappa shape index (κ2) is 4.10. The molecule has 2 aliphatic heterocycles. The molecule has 0 aromatic heterocycles. The second-order valence-electron chi connectivity index (χ2n) is 4.83. The zero-order valence-electron chi connectivity index (χ0n) is 11.7. The molecule has 1 saturated heterocycles. The summed E-state index contributed by atoms with van der Waals surface area (Å²) in [7, 11) is 2.05. The fourth-order valence-corrected chi connectivity index (χ4v) is 2.79. The van der Waals surface area contributed by atoms with E-state index in [0.717, 1.165) is 37.2 Å². The highest BCUT2D eigenvalue weighted by atomic mass is 15.1. The van der Waals surface area contributed by atoms with Gasteiger partial charge in [0.25, 0.3) is 0 Å². The van der Waals surface area contributed by atoms with E-state index >= 15 is 0 Å². The first-order valence-electron chi connectivity index (χ1n) is 7.14. The Kier molecular flexibility index (Phi) is 2.08. The molecule has 2 nitrogen and oxygen atoms in total. The van der Waals surface area contributed by atoms with Crippen LogP contribution in [0.25, 0.3) is 0 Å². The largest absolute Gasteiger partial charge is 0.384 e. The number of rotatable bonds is 2. The summed E-state index contributed by atoms with van der Waals surface area (Å²) in [6.45, 7) is 1.74. The lowest BCUT2D eigenvalue weighted by Crippen LogP contribution is -2.27. The Balaban J connectivity index is 1.91. The molecule has 1 N–H and O–H groups in total. The molecule has 2 heterocycles. The Bertz CT molecular complexity index is 447. The summed E-state index contributed by atoms with van der Waals surface area (Å²) in [6.07, 6.45) is 0.926. The maximum atomic E-state index is 8.57. The minimum Gasteiger partial charge on any atom is -0.384 e.